The van der Waals surface area contributed by atoms with Gasteiger partial charge in [-0.3, -0.25) is 4.79 Å². The van der Waals surface area contributed by atoms with Crippen molar-refractivity contribution >= 4 is 23.6 Å². The van der Waals surface area contributed by atoms with E-state index in [4.69, 9.17) is 9.47 Å². The molecule has 40 heavy (non-hydrogen) atoms. The zero-order chi connectivity index (χ0) is 28.1. The molecule has 0 spiro atoms. The zero-order valence-electron chi connectivity index (χ0n) is 21.2. The maximum absolute atomic E-state index is 13.6. The molecule has 10 nitrogen and oxygen atoms in total. The van der Waals surface area contributed by atoms with Crippen molar-refractivity contribution in [2.45, 2.75) is 25.5 Å². The summed E-state index contributed by atoms with van der Waals surface area (Å²) in [6.07, 6.45) is 0.642. The van der Waals surface area contributed by atoms with Crippen molar-refractivity contribution in [3.8, 4) is 17.9 Å². The van der Waals surface area contributed by atoms with Crippen molar-refractivity contribution in [2.24, 2.45) is 0 Å². The van der Waals surface area contributed by atoms with Gasteiger partial charge in [0.05, 0.1) is 40.6 Å². The van der Waals surface area contributed by atoms with Crippen LogP contribution in [0.15, 0.2) is 78.0 Å². The third kappa shape index (κ3) is 5.62. The third-order valence-electron chi connectivity index (χ3n) is 6.55. The molecular formula is C30H23N5O5. The summed E-state index contributed by atoms with van der Waals surface area (Å²) in [5, 5.41) is 27.0. The first-order valence-corrected chi connectivity index (χ1v) is 12.5. The fourth-order valence-corrected chi connectivity index (χ4v) is 4.65. The minimum atomic E-state index is -0.892. The normalized spacial score (nSPS) is 15.8. The molecule has 0 saturated carbocycles. The van der Waals surface area contributed by atoms with E-state index in [1.165, 1.54) is 0 Å². The van der Waals surface area contributed by atoms with Crippen molar-refractivity contribution in [3.63, 3.8) is 0 Å². The maximum Gasteiger partial charge on any atom is 0.338 e. The van der Waals surface area contributed by atoms with E-state index in [9.17, 15) is 24.9 Å². The predicted molar refractivity (Wildman–Crippen MR) is 142 cm³/mol. The number of rotatable bonds is 7. The Morgan fingerprint density at radius 2 is 1.82 bits per heavy atom. The molecule has 198 valence electrons. The Balaban J connectivity index is 1.50. The number of esters is 1. The number of fused-ring (bicyclic) bond motifs is 1. The van der Waals surface area contributed by atoms with E-state index in [-0.39, 0.29) is 31.1 Å². The number of nitrogens with one attached hydrogen (secondary N) is 3. The van der Waals surface area contributed by atoms with Crippen LogP contribution < -0.4 is 20.7 Å². The molecular weight excluding hydrogens is 510 g/mol. The van der Waals surface area contributed by atoms with E-state index in [1.54, 1.807) is 54.6 Å². The van der Waals surface area contributed by atoms with Gasteiger partial charge in [0, 0.05) is 5.70 Å². The number of ether oxygens (including phenoxy) is 2. The fourth-order valence-electron chi connectivity index (χ4n) is 4.65. The Hall–Kier alpha value is -5.61. The number of anilines is 1. The first kappa shape index (κ1) is 26.0. The number of allylic oxidation sites excluding steroid dienone is 1. The number of carbonyl (C=O) groups is 3. The molecule has 0 aromatic heterocycles. The lowest BCUT2D eigenvalue weighted by atomic mass is 9.92. The van der Waals surface area contributed by atoms with Gasteiger partial charge in [-0.15, -0.1) is 0 Å². The molecule has 1 atom stereocenters. The summed E-state index contributed by atoms with van der Waals surface area (Å²) in [5.41, 5.74) is 3.86. The number of urea groups is 1. The first-order chi connectivity index (χ1) is 19.4. The van der Waals surface area contributed by atoms with E-state index < -0.39 is 18.0 Å². The van der Waals surface area contributed by atoms with Gasteiger partial charge in [0.1, 0.15) is 12.4 Å². The van der Waals surface area contributed by atoms with Crippen LogP contribution in [-0.2, 0) is 27.4 Å². The minimum absolute atomic E-state index is 0.0862. The minimum Gasteiger partial charge on any atom is -0.482 e. The molecule has 0 bridgehead atoms. The Labute approximate surface area is 229 Å². The molecule has 2 aliphatic heterocycles. The van der Waals surface area contributed by atoms with Gasteiger partial charge >= 0.3 is 12.0 Å². The molecule has 3 aromatic rings. The number of nitriles is 2. The molecule has 0 aliphatic carbocycles. The van der Waals surface area contributed by atoms with Crippen molar-refractivity contribution in [3.05, 3.63) is 106 Å². The topological polar surface area (TPSA) is 153 Å². The second-order valence-electron chi connectivity index (χ2n) is 9.17. The van der Waals surface area contributed by atoms with Gasteiger partial charge in [0.25, 0.3) is 5.91 Å². The number of aryl methyl sites for hydroxylation is 1. The highest BCUT2D eigenvalue weighted by atomic mass is 16.5. The van der Waals surface area contributed by atoms with Crippen molar-refractivity contribution in [1.29, 1.82) is 10.5 Å². The van der Waals surface area contributed by atoms with Crippen LogP contribution in [0.4, 0.5) is 10.5 Å². The van der Waals surface area contributed by atoms with Crippen LogP contribution in [0, 0.1) is 22.7 Å². The summed E-state index contributed by atoms with van der Waals surface area (Å²) < 4.78 is 11.1. The first-order valence-electron chi connectivity index (χ1n) is 12.5. The molecule has 0 saturated heterocycles. The lowest BCUT2D eigenvalue weighted by molar-refractivity contribution is -0.140. The highest BCUT2D eigenvalue weighted by Gasteiger charge is 2.34. The largest absolute Gasteiger partial charge is 0.482 e. The second kappa shape index (κ2) is 11.4. The van der Waals surface area contributed by atoms with Gasteiger partial charge in [-0.1, -0.05) is 36.4 Å². The number of carbonyl (C=O) groups excluding carboxylic acids is 3. The van der Waals surface area contributed by atoms with Crippen LogP contribution >= 0.6 is 0 Å². The van der Waals surface area contributed by atoms with Gasteiger partial charge < -0.3 is 25.4 Å². The lowest BCUT2D eigenvalue weighted by Crippen LogP contribution is -2.46. The molecule has 2 heterocycles. The monoisotopic (exact) mass is 533 g/mol. The van der Waals surface area contributed by atoms with Gasteiger partial charge in [-0.05, 0) is 59.9 Å². The Morgan fingerprint density at radius 1 is 0.975 bits per heavy atom. The van der Waals surface area contributed by atoms with E-state index >= 15 is 0 Å². The van der Waals surface area contributed by atoms with Gasteiger partial charge in [0.2, 0.25) is 0 Å². The number of hydrogen-bond donors (Lipinski definition) is 3. The Morgan fingerprint density at radius 3 is 2.65 bits per heavy atom. The average molecular weight is 534 g/mol. The van der Waals surface area contributed by atoms with Crippen LogP contribution in [-0.4, -0.2) is 24.5 Å². The highest BCUT2D eigenvalue weighted by molar-refractivity contribution is 5.97. The number of benzene rings is 3. The van der Waals surface area contributed by atoms with E-state index in [1.807, 2.05) is 12.1 Å². The van der Waals surface area contributed by atoms with Gasteiger partial charge in [0.15, 0.2) is 6.61 Å². The third-order valence-corrected chi connectivity index (χ3v) is 6.55. The molecule has 10 heteroatoms. The van der Waals surface area contributed by atoms with E-state index in [0.717, 1.165) is 5.56 Å². The molecule has 5 rings (SSSR count). The van der Waals surface area contributed by atoms with E-state index in [0.29, 0.717) is 45.8 Å². The second-order valence-corrected chi connectivity index (χ2v) is 9.17. The number of amides is 3. The van der Waals surface area contributed by atoms with Crippen molar-refractivity contribution < 1.29 is 23.9 Å². The summed E-state index contributed by atoms with van der Waals surface area (Å²) in [6, 6.07) is 21.7. The Kier molecular flexibility index (Phi) is 7.43. The molecule has 3 aromatic carbocycles. The predicted octanol–water partition coefficient (Wildman–Crippen LogP) is 3.75. The lowest BCUT2D eigenvalue weighted by Gasteiger charge is -2.30. The summed E-state index contributed by atoms with van der Waals surface area (Å²) in [5.74, 6) is -0.505. The number of nitrogens with zero attached hydrogens (tertiary/aromatic N) is 2. The summed E-state index contributed by atoms with van der Waals surface area (Å²) in [7, 11) is 0. The average Bonchev–Trinajstić information content (AvgIpc) is 2.98. The molecule has 1 unspecified atom stereocenters. The van der Waals surface area contributed by atoms with Crippen LogP contribution in [0.3, 0.4) is 0 Å². The van der Waals surface area contributed by atoms with Crippen LogP contribution in [0.1, 0.15) is 40.3 Å². The molecule has 2 aliphatic rings. The van der Waals surface area contributed by atoms with Gasteiger partial charge in [-0.25, -0.2) is 9.59 Å². The number of hydrogen-bond acceptors (Lipinski definition) is 7. The standard InChI is InChI=1S/C30H23N5O5/c31-14-18-4-3-5-19(12-18)16-40-29(37)27-23(10-8-20-6-1-2-7-22(20)15-32)34-30(38)35-28(27)21-9-11-25-24(13-21)33-26(36)17-39-25/h1-7,9,11-13,28H,8,10,16-17H2,(H,33,36)(H2,34,35,38). The molecule has 0 radical (unpaired) electrons. The summed E-state index contributed by atoms with van der Waals surface area (Å²) in [6.45, 7) is -0.188. The van der Waals surface area contributed by atoms with Crippen LogP contribution in [0.25, 0.3) is 0 Å². The van der Waals surface area contributed by atoms with Crippen LogP contribution in [0.2, 0.25) is 0 Å². The zero-order valence-corrected chi connectivity index (χ0v) is 21.2. The maximum atomic E-state index is 13.6. The smallest absolute Gasteiger partial charge is 0.338 e. The molecule has 3 N–H and O–H groups in total. The van der Waals surface area contributed by atoms with Crippen LogP contribution in [0.5, 0.6) is 5.75 Å². The van der Waals surface area contributed by atoms with Gasteiger partial charge in [-0.2, -0.15) is 10.5 Å². The fraction of sp³-hybridized carbons (Fsp3) is 0.167. The SMILES string of the molecule is N#Cc1cccc(COC(=O)C2=C(CCc3ccccc3C#N)NC(=O)NC2c2ccc3c(c2)NC(=O)CO3)c1. The summed E-state index contributed by atoms with van der Waals surface area (Å²) in [4.78, 5) is 38.3. The van der Waals surface area contributed by atoms with Crippen molar-refractivity contribution in [1.82, 2.24) is 10.6 Å². The highest BCUT2D eigenvalue weighted by Crippen LogP contribution is 2.35. The molecule has 3 amide bonds. The quantitative estimate of drug-likeness (QED) is 0.391. The summed E-state index contributed by atoms with van der Waals surface area (Å²) >= 11 is 0. The Bertz CT molecular complexity index is 1630. The van der Waals surface area contributed by atoms with Crippen molar-refractivity contribution in [2.75, 3.05) is 11.9 Å². The molecule has 0 fully saturated rings. The van der Waals surface area contributed by atoms with E-state index in [2.05, 4.69) is 28.1 Å².